The minimum atomic E-state index is -0.0000699. The molecule has 1 aliphatic rings. The molecule has 0 aromatic heterocycles. The Balaban J connectivity index is 1.81. The van der Waals surface area contributed by atoms with Gasteiger partial charge in [-0.1, -0.05) is 12.1 Å². The van der Waals surface area contributed by atoms with Gasteiger partial charge < -0.3 is 15.7 Å². The van der Waals surface area contributed by atoms with Gasteiger partial charge in [0.05, 0.1) is 0 Å². The molecule has 0 spiro atoms. The first-order valence-corrected chi connectivity index (χ1v) is 7.08. The summed E-state index contributed by atoms with van der Waals surface area (Å²) in [7, 11) is 0. The van der Waals surface area contributed by atoms with Crippen LogP contribution in [0, 0.1) is 0 Å². The van der Waals surface area contributed by atoms with Crippen LogP contribution in [0.15, 0.2) is 48.5 Å². The predicted molar refractivity (Wildman–Crippen MR) is 81.9 cm³/mol. The van der Waals surface area contributed by atoms with Crippen LogP contribution in [-0.4, -0.2) is 22.0 Å². The Kier molecular flexibility index (Phi) is 3.52. The topological polar surface area (TPSA) is 66.6 Å². The van der Waals surface area contributed by atoms with Gasteiger partial charge in [0.1, 0.15) is 5.75 Å². The number of hydrogen-bond donors (Lipinski definition) is 2. The molecule has 1 fully saturated rings. The van der Waals surface area contributed by atoms with E-state index in [1.807, 2.05) is 29.2 Å². The SMILES string of the molecule is Nc1cccc(CN(C(=O)c2ccc(O)cc2)C2CC2)c1. The van der Waals surface area contributed by atoms with Gasteiger partial charge in [0.2, 0.25) is 0 Å². The van der Waals surface area contributed by atoms with Gasteiger partial charge in [0.25, 0.3) is 5.91 Å². The molecule has 21 heavy (non-hydrogen) atoms. The number of benzene rings is 2. The first-order valence-electron chi connectivity index (χ1n) is 7.08. The Morgan fingerprint density at radius 2 is 1.90 bits per heavy atom. The van der Waals surface area contributed by atoms with Gasteiger partial charge in [-0.3, -0.25) is 4.79 Å². The number of aromatic hydroxyl groups is 1. The van der Waals surface area contributed by atoms with Crippen LogP contribution in [0.3, 0.4) is 0 Å². The van der Waals surface area contributed by atoms with Crippen LogP contribution in [-0.2, 0) is 6.54 Å². The van der Waals surface area contributed by atoms with Crippen molar-refractivity contribution in [1.29, 1.82) is 0 Å². The van der Waals surface area contributed by atoms with Crippen molar-refractivity contribution in [3.05, 3.63) is 59.7 Å². The van der Waals surface area contributed by atoms with Gasteiger partial charge in [-0.05, 0) is 54.8 Å². The van der Waals surface area contributed by atoms with Crippen molar-refractivity contribution in [3.63, 3.8) is 0 Å². The zero-order valence-corrected chi connectivity index (χ0v) is 11.7. The monoisotopic (exact) mass is 282 g/mol. The van der Waals surface area contributed by atoms with Crippen LogP contribution in [0.1, 0.15) is 28.8 Å². The molecule has 0 heterocycles. The van der Waals surface area contributed by atoms with Crippen molar-refractivity contribution in [3.8, 4) is 5.75 Å². The number of rotatable bonds is 4. The molecule has 0 aliphatic heterocycles. The molecule has 1 amide bonds. The quantitative estimate of drug-likeness (QED) is 0.847. The van der Waals surface area contributed by atoms with E-state index in [0.717, 1.165) is 18.4 Å². The maximum atomic E-state index is 12.6. The minimum absolute atomic E-state index is 0.0000699. The predicted octanol–water partition coefficient (Wildman–Crippen LogP) is 2.78. The first kappa shape index (κ1) is 13.5. The fraction of sp³-hybridized carbons (Fsp3) is 0.235. The largest absolute Gasteiger partial charge is 0.508 e. The summed E-state index contributed by atoms with van der Waals surface area (Å²) in [5.41, 5.74) is 8.14. The first-order chi connectivity index (χ1) is 10.1. The van der Waals surface area contributed by atoms with Gasteiger partial charge in [-0.25, -0.2) is 0 Å². The molecule has 4 heteroatoms. The summed E-state index contributed by atoms with van der Waals surface area (Å²) in [5, 5.41) is 9.33. The lowest BCUT2D eigenvalue weighted by molar-refractivity contribution is 0.0730. The van der Waals surface area contributed by atoms with Crippen LogP contribution in [0.5, 0.6) is 5.75 Å². The van der Waals surface area contributed by atoms with E-state index in [1.165, 1.54) is 0 Å². The summed E-state index contributed by atoms with van der Waals surface area (Å²) in [4.78, 5) is 14.5. The highest BCUT2D eigenvalue weighted by atomic mass is 16.3. The van der Waals surface area contributed by atoms with E-state index in [1.54, 1.807) is 24.3 Å². The molecule has 2 aromatic rings. The molecule has 1 saturated carbocycles. The fourth-order valence-electron chi connectivity index (χ4n) is 2.41. The van der Waals surface area contributed by atoms with E-state index in [2.05, 4.69) is 0 Å². The van der Waals surface area contributed by atoms with E-state index >= 15 is 0 Å². The third-order valence-electron chi connectivity index (χ3n) is 3.67. The average molecular weight is 282 g/mol. The van der Waals surface area contributed by atoms with Gasteiger partial charge in [-0.2, -0.15) is 0 Å². The Hall–Kier alpha value is -2.49. The molecule has 108 valence electrons. The average Bonchev–Trinajstić information content (AvgIpc) is 3.29. The second-order valence-corrected chi connectivity index (χ2v) is 5.46. The third-order valence-corrected chi connectivity index (χ3v) is 3.67. The maximum Gasteiger partial charge on any atom is 0.254 e. The summed E-state index contributed by atoms with van der Waals surface area (Å²) in [5.74, 6) is 0.167. The number of carbonyl (C=O) groups excluding carboxylic acids is 1. The number of nitrogen functional groups attached to an aromatic ring is 1. The van der Waals surface area contributed by atoms with Crippen molar-refractivity contribution in [2.45, 2.75) is 25.4 Å². The van der Waals surface area contributed by atoms with Gasteiger partial charge >= 0.3 is 0 Å². The van der Waals surface area contributed by atoms with Crippen molar-refractivity contribution in [1.82, 2.24) is 4.90 Å². The van der Waals surface area contributed by atoms with Crippen molar-refractivity contribution in [2.24, 2.45) is 0 Å². The van der Waals surface area contributed by atoms with E-state index in [0.29, 0.717) is 23.8 Å². The van der Waals surface area contributed by atoms with Crippen LogP contribution >= 0.6 is 0 Å². The smallest absolute Gasteiger partial charge is 0.254 e. The number of nitrogens with zero attached hydrogens (tertiary/aromatic N) is 1. The molecule has 0 saturated heterocycles. The second kappa shape index (κ2) is 5.48. The van der Waals surface area contributed by atoms with Gasteiger partial charge in [0, 0.05) is 23.8 Å². The Labute approximate surface area is 123 Å². The van der Waals surface area contributed by atoms with Gasteiger partial charge in [0.15, 0.2) is 0 Å². The van der Waals surface area contributed by atoms with E-state index in [9.17, 15) is 9.90 Å². The Morgan fingerprint density at radius 1 is 1.19 bits per heavy atom. The summed E-state index contributed by atoms with van der Waals surface area (Å²) < 4.78 is 0. The van der Waals surface area contributed by atoms with Crippen LogP contribution in [0.2, 0.25) is 0 Å². The number of carbonyl (C=O) groups is 1. The molecule has 2 aromatic carbocycles. The molecule has 1 aliphatic carbocycles. The summed E-state index contributed by atoms with van der Waals surface area (Å²) >= 11 is 0. The zero-order valence-electron chi connectivity index (χ0n) is 11.7. The fourth-order valence-corrected chi connectivity index (χ4v) is 2.41. The Morgan fingerprint density at radius 3 is 2.52 bits per heavy atom. The Bertz CT molecular complexity index is 648. The molecule has 0 bridgehead atoms. The highest BCUT2D eigenvalue weighted by molar-refractivity contribution is 5.94. The zero-order chi connectivity index (χ0) is 14.8. The standard InChI is InChI=1S/C17H18N2O2/c18-14-3-1-2-12(10-14)11-19(15-6-7-15)17(21)13-4-8-16(20)9-5-13/h1-5,8-10,15,20H,6-7,11,18H2. The normalized spacial score (nSPS) is 13.9. The highest BCUT2D eigenvalue weighted by Gasteiger charge is 2.33. The highest BCUT2D eigenvalue weighted by Crippen LogP contribution is 2.30. The lowest BCUT2D eigenvalue weighted by Gasteiger charge is -2.23. The molecular weight excluding hydrogens is 264 g/mol. The number of anilines is 1. The van der Waals surface area contributed by atoms with E-state index < -0.39 is 0 Å². The number of phenols is 1. The van der Waals surface area contributed by atoms with Gasteiger partial charge in [-0.15, -0.1) is 0 Å². The van der Waals surface area contributed by atoms with Crippen molar-refractivity contribution in [2.75, 3.05) is 5.73 Å². The molecule has 0 radical (unpaired) electrons. The summed E-state index contributed by atoms with van der Waals surface area (Å²) in [6.45, 7) is 0.565. The minimum Gasteiger partial charge on any atom is -0.508 e. The molecule has 4 nitrogen and oxygen atoms in total. The van der Waals surface area contributed by atoms with Crippen molar-refractivity contribution < 1.29 is 9.90 Å². The molecule has 0 unspecified atom stereocenters. The van der Waals surface area contributed by atoms with E-state index in [-0.39, 0.29) is 11.7 Å². The molecule has 0 atom stereocenters. The number of nitrogens with two attached hydrogens (primary N) is 1. The van der Waals surface area contributed by atoms with Crippen molar-refractivity contribution >= 4 is 11.6 Å². The molecular formula is C17H18N2O2. The lowest BCUT2D eigenvalue weighted by atomic mass is 10.1. The van der Waals surface area contributed by atoms with Crippen LogP contribution in [0.25, 0.3) is 0 Å². The van der Waals surface area contributed by atoms with E-state index in [4.69, 9.17) is 5.73 Å². The van der Waals surface area contributed by atoms with Crippen LogP contribution < -0.4 is 5.73 Å². The summed E-state index contributed by atoms with van der Waals surface area (Å²) in [6, 6.07) is 14.3. The number of phenolic OH excluding ortho intramolecular Hbond substituents is 1. The lowest BCUT2D eigenvalue weighted by Crippen LogP contribution is -2.32. The second-order valence-electron chi connectivity index (χ2n) is 5.46. The third kappa shape index (κ3) is 3.16. The number of hydrogen-bond acceptors (Lipinski definition) is 3. The maximum absolute atomic E-state index is 12.6. The number of amides is 1. The molecule has 3 N–H and O–H groups in total. The molecule has 3 rings (SSSR count). The summed E-state index contributed by atoms with van der Waals surface area (Å²) in [6.07, 6.45) is 2.10. The van der Waals surface area contributed by atoms with Crippen LogP contribution in [0.4, 0.5) is 5.69 Å².